The zero-order valence-corrected chi connectivity index (χ0v) is 14.3. The van der Waals surface area contributed by atoms with Crippen LogP contribution in [0.3, 0.4) is 0 Å². The summed E-state index contributed by atoms with van der Waals surface area (Å²) in [5.41, 5.74) is 8.65. The van der Waals surface area contributed by atoms with Crippen LogP contribution in [0.1, 0.15) is 17.5 Å². The summed E-state index contributed by atoms with van der Waals surface area (Å²) in [5, 5.41) is 3.56. The Balaban J connectivity index is 1.43. The minimum atomic E-state index is -0.419. The number of nitrogens with two attached hydrogens (primary N) is 1. The molecule has 3 aromatic rings. The minimum Gasteiger partial charge on any atom is -0.445 e. The first-order chi connectivity index (χ1) is 12.7. The molecule has 132 valence electrons. The van der Waals surface area contributed by atoms with Gasteiger partial charge in [0.15, 0.2) is 0 Å². The van der Waals surface area contributed by atoms with Crippen LogP contribution < -0.4 is 11.1 Å². The van der Waals surface area contributed by atoms with Gasteiger partial charge in [-0.3, -0.25) is 0 Å². The fourth-order valence-electron chi connectivity index (χ4n) is 2.45. The number of carbonyl (C=O) groups is 1. The highest BCUT2D eigenvalue weighted by Gasteiger charge is 2.02. The van der Waals surface area contributed by atoms with Crippen molar-refractivity contribution >= 4 is 28.9 Å². The lowest BCUT2D eigenvalue weighted by atomic mass is 10.1. The van der Waals surface area contributed by atoms with Crippen LogP contribution in [0.2, 0.25) is 0 Å². The average molecular weight is 348 g/mol. The summed E-state index contributed by atoms with van der Waals surface area (Å²) in [4.78, 5) is 19.8. The van der Waals surface area contributed by atoms with Crippen molar-refractivity contribution in [2.24, 2.45) is 0 Å². The Morgan fingerprint density at radius 1 is 1.15 bits per heavy atom. The van der Waals surface area contributed by atoms with Crippen LogP contribution >= 0.6 is 0 Å². The molecule has 0 saturated carbocycles. The van der Waals surface area contributed by atoms with Crippen molar-refractivity contribution in [2.45, 2.75) is 13.0 Å². The Kier molecular flexibility index (Phi) is 5.77. The molecule has 3 N–H and O–H groups in total. The van der Waals surface area contributed by atoms with E-state index in [1.165, 1.54) is 6.33 Å². The maximum atomic E-state index is 11.6. The van der Waals surface area contributed by atoms with E-state index in [1.54, 1.807) is 0 Å². The number of ether oxygens (including phenoxy) is 1. The molecular weight excluding hydrogens is 328 g/mol. The third-order valence-corrected chi connectivity index (χ3v) is 3.79. The molecule has 0 spiro atoms. The van der Waals surface area contributed by atoms with E-state index in [0.29, 0.717) is 18.8 Å². The molecule has 3 rings (SSSR count). The van der Waals surface area contributed by atoms with Crippen LogP contribution in [0.15, 0.2) is 60.9 Å². The highest BCUT2D eigenvalue weighted by molar-refractivity contribution is 5.89. The van der Waals surface area contributed by atoms with Gasteiger partial charge in [0.1, 0.15) is 18.8 Å². The Bertz CT molecular complexity index is 910. The topological polar surface area (TPSA) is 90.1 Å². The van der Waals surface area contributed by atoms with Crippen LogP contribution in [0.5, 0.6) is 0 Å². The smallest absolute Gasteiger partial charge is 0.407 e. The largest absolute Gasteiger partial charge is 0.445 e. The maximum absolute atomic E-state index is 11.6. The molecule has 26 heavy (non-hydrogen) atoms. The molecule has 0 aliphatic heterocycles. The van der Waals surface area contributed by atoms with Gasteiger partial charge in [0.05, 0.1) is 5.52 Å². The lowest BCUT2D eigenvalue weighted by Gasteiger charge is -2.06. The highest BCUT2D eigenvalue weighted by atomic mass is 16.5. The Morgan fingerprint density at radius 3 is 2.85 bits per heavy atom. The van der Waals surface area contributed by atoms with Gasteiger partial charge in [-0.25, -0.2) is 14.8 Å². The molecule has 0 radical (unpaired) electrons. The molecule has 1 heterocycles. The number of rotatable bonds is 6. The van der Waals surface area contributed by atoms with Crippen LogP contribution in [0.4, 0.5) is 10.6 Å². The van der Waals surface area contributed by atoms with E-state index in [-0.39, 0.29) is 6.61 Å². The Hall–Kier alpha value is -3.41. The summed E-state index contributed by atoms with van der Waals surface area (Å²) < 4.78 is 5.15. The second-order valence-corrected chi connectivity index (χ2v) is 5.72. The second-order valence-electron chi connectivity index (χ2n) is 5.72. The Labute approximate surface area is 151 Å². The molecule has 0 unspecified atom stereocenters. The van der Waals surface area contributed by atoms with Crippen LogP contribution in [0, 0.1) is 0 Å². The molecule has 0 fully saturated rings. The molecule has 0 atom stereocenters. The lowest BCUT2D eigenvalue weighted by Crippen LogP contribution is -2.24. The van der Waals surface area contributed by atoms with Gasteiger partial charge in [-0.15, -0.1) is 0 Å². The molecule has 0 aliphatic carbocycles. The molecule has 0 aliphatic rings. The molecule has 1 aromatic heterocycles. The molecule has 1 amide bonds. The Morgan fingerprint density at radius 2 is 2.00 bits per heavy atom. The van der Waals surface area contributed by atoms with Crippen molar-refractivity contribution in [3.8, 4) is 0 Å². The van der Waals surface area contributed by atoms with Crippen molar-refractivity contribution in [3.63, 3.8) is 0 Å². The van der Waals surface area contributed by atoms with E-state index >= 15 is 0 Å². The maximum Gasteiger partial charge on any atom is 0.407 e. The fraction of sp³-hybridized carbons (Fsp3) is 0.150. The normalized spacial score (nSPS) is 10.9. The first-order valence-corrected chi connectivity index (χ1v) is 8.34. The van der Waals surface area contributed by atoms with Crippen LogP contribution in [-0.2, 0) is 11.3 Å². The number of anilines is 1. The number of carbonyl (C=O) groups excluding carboxylic acids is 1. The average Bonchev–Trinajstić information content (AvgIpc) is 2.67. The molecular formula is C20H20N4O2. The third kappa shape index (κ3) is 4.80. The molecule has 0 saturated heterocycles. The second kappa shape index (κ2) is 8.62. The zero-order chi connectivity index (χ0) is 18.2. The van der Waals surface area contributed by atoms with Crippen molar-refractivity contribution in [3.05, 3.63) is 72.1 Å². The van der Waals surface area contributed by atoms with E-state index < -0.39 is 6.09 Å². The number of benzene rings is 2. The van der Waals surface area contributed by atoms with E-state index in [1.807, 2.05) is 60.7 Å². The molecule has 6 nitrogen and oxygen atoms in total. The SMILES string of the molecule is Nc1ncnc2ccc(C=CCCNC(=O)OCc3ccccc3)cc12. The molecule has 2 aromatic carbocycles. The zero-order valence-electron chi connectivity index (χ0n) is 14.3. The summed E-state index contributed by atoms with van der Waals surface area (Å²) in [6.07, 6.45) is 5.69. The monoisotopic (exact) mass is 348 g/mol. The first kappa shape index (κ1) is 17.4. The number of nitrogen functional groups attached to an aromatic ring is 1. The summed E-state index contributed by atoms with van der Waals surface area (Å²) in [6.45, 7) is 0.770. The van der Waals surface area contributed by atoms with Crippen molar-refractivity contribution in [1.29, 1.82) is 0 Å². The van der Waals surface area contributed by atoms with Crippen LogP contribution in [-0.4, -0.2) is 22.6 Å². The lowest BCUT2D eigenvalue weighted by molar-refractivity contribution is 0.140. The van der Waals surface area contributed by atoms with Crippen molar-refractivity contribution in [1.82, 2.24) is 15.3 Å². The van der Waals surface area contributed by atoms with Gasteiger partial charge < -0.3 is 15.8 Å². The fourth-order valence-corrected chi connectivity index (χ4v) is 2.45. The van der Waals surface area contributed by atoms with Crippen molar-refractivity contribution in [2.75, 3.05) is 12.3 Å². The first-order valence-electron chi connectivity index (χ1n) is 8.34. The van der Waals surface area contributed by atoms with Gasteiger partial charge >= 0.3 is 6.09 Å². The number of alkyl carbamates (subject to hydrolysis) is 1. The van der Waals surface area contributed by atoms with E-state index in [0.717, 1.165) is 22.0 Å². The minimum absolute atomic E-state index is 0.267. The van der Waals surface area contributed by atoms with E-state index in [4.69, 9.17) is 10.5 Å². The van der Waals surface area contributed by atoms with Gasteiger partial charge in [0, 0.05) is 11.9 Å². The predicted octanol–water partition coefficient (Wildman–Crippen LogP) is 3.54. The summed E-state index contributed by atoms with van der Waals surface area (Å²) in [5.74, 6) is 0.466. The van der Waals surface area contributed by atoms with Gasteiger partial charge in [0.2, 0.25) is 0 Å². The number of fused-ring (bicyclic) bond motifs is 1. The quantitative estimate of drug-likeness (QED) is 0.665. The van der Waals surface area contributed by atoms with Gasteiger partial charge in [-0.2, -0.15) is 0 Å². The summed E-state index contributed by atoms with van der Waals surface area (Å²) in [7, 11) is 0. The van der Waals surface area contributed by atoms with Crippen LogP contribution in [0.25, 0.3) is 17.0 Å². The van der Waals surface area contributed by atoms with Gasteiger partial charge in [-0.1, -0.05) is 48.6 Å². The van der Waals surface area contributed by atoms with Gasteiger partial charge in [-0.05, 0) is 29.7 Å². The van der Waals surface area contributed by atoms with E-state index in [2.05, 4.69) is 15.3 Å². The highest BCUT2D eigenvalue weighted by Crippen LogP contribution is 2.18. The molecule has 6 heteroatoms. The van der Waals surface area contributed by atoms with Crippen molar-refractivity contribution < 1.29 is 9.53 Å². The number of amides is 1. The predicted molar refractivity (Wildman–Crippen MR) is 102 cm³/mol. The van der Waals surface area contributed by atoms with E-state index in [9.17, 15) is 4.79 Å². The standard InChI is InChI=1S/C20H20N4O2/c21-19-17-12-15(9-10-18(17)23-14-24-19)6-4-5-11-22-20(25)26-13-16-7-2-1-3-8-16/h1-4,6-10,12,14H,5,11,13H2,(H,22,25)(H2,21,23,24). The number of nitrogens with zero attached hydrogens (tertiary/aromatic N) is 2. The number of hydrogen-bond donors (Lipinski definition) is 2. The number of aromatic nitrogens is 2. The van der Waals surface area contributed by atoms with Gasteiger partial charge in [0.25, 0.3) is 0 Å². The summed E-state index contributed by atoms with van der Waals surface area (Å²) in [6, 6.07) is 15.4. The number of nitrogens with one attached hydrogen (secondary N) is 1. The molecule has 0 bridgehead atoms. The number of hydrogen-bond acceptors (Lipinski definition) is 5. The summed E-state index contributed by atoms with van der Waals surface area (Å²) >= 11 is 0. The third-order valence-electron chi connectivity index (χ3n) is 3.79.